The van der Waals surface area contributed by atoms with Crippen LogP contribution in [0.2, 0.25) is 0 Å². The van der Waals surface area contributed by atoms with Gasteiger partial charge in [-0.3, -0.25) is 0 Å². The van der Waals surface area contributed by atoms with Gasteiger partial charge in [-0.1, -0.05) is 18.2 Å². The van der Waals surface area contributed by atoms with E-state index in [0.717, 1.165) is 43.3 Å². The molecule has 1 heterocycles. The Bertz CT molecular complexity index is 785. The van der Waals surface area contributed by atoms with Crippen molar-refractivity contribution in [1.29, 1.82) is 0 Å². The summed E-state index contributed by atoms with van der Waals surface area (Å²) < 4.78 is 31.7. The lowest BCUT2D eigenvalue weighted by Crippen LogP contribution is -2.50. The number of hydrogen-bond acceptors (Lipinski definition) is 4. The van der Waals surface area contributed by atoms with Crippen LogP contribution in [0.1, 0.15) is 45.1 Å². The highest BCUT2D eigenvalue weighted by Gasteiger charge is 2.27. The molecule has 162 valence electrons. The monoisotopic (exact) mass is 422 g/mol. The van der Waals surface area contributed by atoms with Crippen molar-refractivity contribution in [3.05, 3.63) is 29.8 Å². The van der Waals surface area contributed by atoms with Gasteiger partial charge < -0.3 is 15.4 Å². The first-order valence-electron chi connectivity index (χ1n) is 10.7. The van der Waals surface area contributed by atoms with Crippen LogP contribution in [0.5, 0.6) is 5.75 Å². The summed E-state index contributed by atoms with van der Waals surface area (Å²) in [5.74, 6) is 2.56. The second-order valence-electron chi connectivity index (χ2n) is 7.78. The zero-order valence-electron chi connectivity index (χ0n) is 17.6. The summed E-state index contributed by atoms with van der Waals surface area (Å²) in [6.45, 7) is 6.96. The van der Waals surface area contributed by atoms with Gasteiger partial charge >= 0.3 is 0 Å². The van der Waals surface area contributed by atoms with E-state index in [4.69, 9.17) is 9.73 Å². The molecule has 8 heteroatoms. The van der Waals surface area contributed by atoms with Crippen LogP contribution in [0.15, 0.2) is 29.3 Å². The molecule has 0 unspecified atom stereocenters. The first kappa shape index (κ1) is 21.9. The Kier molecular flexibility index (Phi) is 7.77. The molecular weight excluding hydrogens is 388 g/mol. The summed E-state index contributed by atoms with van der Waals surface area (Å²) in [5.41, 5.74) is 1.08. The van der Waals surface area contributed by atoms with Crippen molar-refractivity contribution in [2.75, 3.05) is 32.0 Å². The van der Waals surface area contributed by atoms with Crippen LogP contribution >= 0.6 is 0 Å². The van der Waals surface area contributed by atoms with Crippen LogP contribution in [-0.4, -0.2) is 56.7 Å². The van der Waals surface area contributed by atoms with Crippen molar-refractivity contribution >= 4 is 16.0 Å². The lowest BCUT2D eigenvalue weighted by Gasteiger charge is -2.32. The van der Waals surface area contributed by atoms with Crippen LogP contribution in [0.4, 0.5) is 0 Å². The molecule has 29 heavy (non-hydrogen) atoms. The average Bonchev–Trinajstić information content (AvgIpc) is 3.56. The third-order valence-electron chi connectivity index (χ3n) is 5.45. The van der Waals surface area contributed by atoms with Crippen LogP contribution in [0.3, 0.4) is 0 Å². The third kappa shape index (κ3) is 6.60. The van der Waals surface area contributed by atoms with Crippen LogP contribution in [0, 0.1) is 5.92 Å². The number of hydrogen-bond donors (Lipinski definition) is 2. The molecule has 0 radical (unpaired) electrons. The Hall–Kier alpha value is -1.80. The fraction of sp³-hybridized carbons (Fsp3) is 0.667. The van der Waals surface area contributed by atoms with E-state index in [1.165, 1.54) is 12.8 Å². The molecule has 2 aliphatic rings. The Morgan fingerprint density at radius 1 is 1.17 bits per heavy atom. The summed E-state index contributed by atoms with van der Waals surface area (Å²) >= 11 is 0. The summed E-state index contributed by atoms with van der Waals surface area (Å²) in [6, 6.07) is 8.30. The van der Waals surface area contributed by atoms with Gasteiger partial charge in [-0.15, -0.1) is 0 Å². The molecule has 0 amide bonds. The van der Waals surface area contributed by atoms with Crippen LogP contribution < -0.4 is 15.4 Å². The van der Waals surface area contributed by atoms with Crippen molar-refractivity contribution in [3.63, 3.8) is 0 Å². The number of para-hydroxylation sites is 1. The minimum absolute atomic E-state index is 0.164. The van der Waals surface area contributed by atoms with E-state index in [1.54, 1.807) is 11.2 Å². The highest BCUT2D eigenvalue weighted by atomic mass is 32.2. The minimum atomic E-state index is -3.10. The highest BCUT2D eigenvalue weighted by Crippen LogP contribution is 2.30. The van der Waals surface area contributed by atoms with Crippen molar-refractivity contribution < 1.29 is 13.2 Å². The first-order chi connectivity index (χ1) is 14.0. The second-order valence-corrected chi connectivity index (χ2v) is 10.0. The number of piperidine rings is 1. The molecule has 0 spiro atoms. The Morgan fingerprint density at radius 3 is 2.55 bits per heavy atom. The molecule has 2 fully saturated rings. The quantitative estimate of drug-likeness (QED) is 0.471. The lowest BCUT2D eigenvalue weighted by molar-refractivity contribution is 0.297. The maximum Gasteiger partial charge on any atom is 0.213 e. The van der Waals surface area contributed by atoms with Crippen molar-refractivity contribution in [2.24, 2.45) is 10.9 Å². The van der Waals surface area contributed by atoms with Crippen molar-refractivity contribution in [3.8, 4) is 5.75 Å². The topological polar surface area (TPSA) is 83.0 Å². The number of benzene rings is 1. The van der Waals surface area contributed by atoms with E-state index in [1.807, 2.05) is 25.1 Å². The smallest absolute Gasteiger partial charge is 0.213 e. The zero-order valence-corrected chi connectivity index (χ0v) is 18.4. The molecule has 7 nitrogen and oxygen atoms in total. The summed E-state index contributed by atoms with van der Waals surface area (Å²) in [5, 5.41) is 6.77. The van der Waals surface area contributed by atoms with Gasteiger partial charge in [0.2, 0.25) is 10.0 Å². The molecule has 1 aliphatic carbocycles. The van der Waals surface area contributed by atoms with E-state index >= 15 is 0 Å². The number of nitrogens with one attached hydrogen (secondary N) is 2. The standard InChI is InChI=1S/C21H34N4O3S/c1-3-22-21(24-19-11-13-25(14-12-19)29(26,27)4-2)23-15-18-7-5-6-8-20(18)28-16-17-9-10-17/h5-8,17,19H,3-4,9-16H2,1-2H3,(H2,22,23,24). The second kappa shape index (κ2) is 10.3. The SMILES string of the molecule is CCNC(=NCc1ccccc1OCC1CC1)NC1CCN(S(=O)(=O)CC)CC1. The van der Waals surface area contributed by atoms with Crippen LogP contribution in [0.25, 0.3) is 0 Å². The summed E-state index contributed by atoms with van der Waals surface area (Å²) in [6.07, 6.45) is 4.11. The molecule has 3 rings (SSSR count). The van der Waals surface area contributed by atoms with Gasteiger partial charge in [-0.2, -0.15) is 0 Å². The highest BCUT2D eigenvalue weighted by molar-refractivity contribution is 7.89. The number of ether oxygens (including phenoxy) is 1. The molecule has 1 aromatic carbocycles. The normalized spacial score (nSPS) is 19.2. The fourth-order valence-corrected chi connectivity index (χ4v) is 4.54. The van der Waals surface area contributed by atoms with Gasteiger partial charge in [0.25, 0.3) is 0 Å². The predicted molar refractivity (Wildman–Crippen MR) is 117 cm³/mol. The van der Waals surface area contributed by atoms with Crippen LogP contribution in [-0.2, 0) is 16.6 Å². The summed E-state index contributed by atoms with van der Waals surface area (Å²) in [4.78, 5) is 4.75. The Balaban J connectivity index is 1.56. The van der Waals surface area contributed by atoms with Gasteiger partial charge in [-0.25, -0.2) is 17.7 Å². The van der Waals surface area contributed by atoms with Gasteiger partial charge in [0.1, 0.15) is 5.75 Å². The number of nitrogens with zero attached hydrogens (tertiary/aromatic N) is 2. The van der Waals surface area contributed by atoms with Crippen molar-refractivity contribution in [1.82, 2.24) is 14.9 Å². The van der Waals surface area contributed by atoms with Gasteiger partial charge in [-0.05, 0) is 51.5 Å². The molecule has 1 saturated carbocycles. The maximum absolute atomic E-state index is 12.0. The molecule has 2 N–H and O–H groups in total. The van der Waals surface area contributed by atoms with Gasteiger partial charge in [0, 0.05) is 31.2 Å². The van der Waals surface area contributed by atoms with Crippen molar-refractivity contribution in [2.45, 2.75) is 52.1 Å². The number of guanidine groups is 1. The lowest BCUT2D eigenvalue weighted by atomic mass is 10.1. The molecule has 0 bridgehead atoms. The largest absolute Gasteiger partial charge is 0.493 e. The van der Waals surface area contributed by atoms with E-state index < -0.39 is 10.0 Å². The third-order valence-corrected chi connectivity index (χ3v) is 7.33. The van der Waals surface area contributed by atoms with Gasteiger partial charge in [0.05, 0.1) is 18.9 Å². The average molecular weight is 423 g/mol. The fourth-order valence-electron chi connectivity index (χ4n) is 3.41. The maximum atomic E-state index is 12.0. The number of aliphatic imine (C=N–C) groups is 1. The predicted octanol–water partition coefficient (Wildman–Crippen LogP) is 2.34. The van der Waals surface area contributed by atoms with E-state index in [0.29, 0.717) is 25.6 Å². The Labute approximate surface area is 175 Å². The van der Waals surface area contributed by atoms with E-state index in [2.05, 4.69) is 16.7 Å². The minimum Gasteiger partial charge on any atom is -0.493 e. The Morgan fingerprint density at radius 2 is 1.90 bits per heavy atom. The molecule has 1 saturated heterocycles. The van der Waals surface area contributed by atoms with E-state index in [-0.39, 0.29) is 11.8 Å². The van der Waals surface area contributed by atoms with Gasteiger partial charge in [0.15, 0.2) is 5.96 Å². The number of rotatable bonds is 9. The number of sulfonamides is 1. The summed E-state index contributed by atoms with van der Waals surface area (Å²) in [7, 11) is -3.10. The first-order valence-corrected chi connectivity index (χ1v) is 12.4. The molecule has 1 aliphatic heterocycles. The molecule has 0 atom stereocenters. The molecule has 1 aromatic rings. The molecular formula is C21H34N4O3S. The zero-order chi connectivity index (χ0) is 20.7. The molecule has 0 aromatic heterocycles. The van der Waals surface area contributed by atoms with E-state index in [9.17, 15) is 8.42 Å².